The monoisotopic (exact) mass is 513 g/mol. The first-order valence-corrected chi connectivity index (χ1v) is 14.0. The van der Waals surface area contributed by atoms with Gasteiger partial charge < -0.3 is 14.5 Å². The van der Waals surface area contributed by atoms with Crippen LogP contribution in [0, 0.1) is 0 Å². The molecule has 0 radical (unpaired) electrons. The van der Waals surface area contributed by atoms with Crippen LogP contribution in [0.5, 0.6) is 5.75 Å². The topological polar surface area (TPSA) is 96.9 Å². The second-order valence-corrected chi connectivity index (χ2v) is 11.2. The molecule has 1 aromatic heterocycles. The Kier molecular flexibility index (Phi) is 7.51. The molecule has 2 amide bonds. The van der Waals surface area contributed by atoms with E-state index in [-0.39, 0.29) is 29.4 Å². The molecule has 2 aromatic carbocycles. The zero-order valence-corrected chi connectivity index (χ0v) is 21.2. The summed E-state index contributed by atoms with van der Waals surface area (Å²) in [6.45, 7) is 2.68. The van der Waals surface area contributed by atoms with Gasteiger partial charge >= 0.3 is 0 Å². The van der Waals surface area contributed by atoms with Crippen LogP contribution in [0.3, 0.4) is 0 Å². The van der Waals surface area contributed by atoms with Crippen LogP contribution in [0.2, 0.25) is 0 Å². The van der Waals surface area contributed by atoms with Gasteiger partial charge in [0.05, 0.1) is 16.6 Å². The molecule has 0 aliphatic carbocycles. The number of carbonyl (C=O) groups excluding carboxylic acids is 2. The van der Waals surface area contributed by atoms with Crippen LogP contribution >= 0.6 is 11.3 Å². The van der Waals surface area contributed by atoms with Crippen LogP contribution < -0.4 is 4.74 Å². The molecule has 1 aliphatic rings. The molecular weight excluding hydrogens is 486 g/mol. The number of rotatable bonds is 6. The van der Waals surface area contributed by atoms with E-state index in [1.54, 1.807) is 46.2 Å². The van der Waals surface area contributed by atoms with Gasteiger partial charge in [-0.1, -0.05) is 36.4 Å². The highest BCUT2D eigenvalue weighted by molar-refractivity contribution is 7.90. The summed E-state index contributed by atoms with van der Waals surface area (Å²) >= 11 is 1.38. The van der Waals surface area contributed by atoms with Gasteiger partial charge in [-0.15, -0.1) is 11.3 Å². The number of hydrogen-bond acceptors (Lipinski definition) is 7. The molecule has 0 bridgehead atoms. The lowest BCUT2D eigenvalue weighted by atomic mass is 10.1. The Bertz CT molecular complexity index is 1310. The van der Waals surface area contributed by atoms with Gasteiger partial charge in [0.2, 0.25) is 5.91 Å². The Labute approximate surface area is 209 Å². The Morgan fingerprint density at radius 1 is 1.06 bits per heavy atom. The molecule has 1 unspecified atom stereocenters. The van der Waals surface area contributed by atoms with E-state index in [2.05, 4.69) is 0 Å². The van der Waals surface area contributed by atoms with Crippen molar-refractivity contribution < 1.29 is 22.7 Å². The van der Waals surface area contributed by atoms with E-state index in [9.17, 15) is 18.0 Å². The van der Waals surface area contributed by atoms with Crippen LogP contribution in [0.1, 0.15) is 24.4 Å². The van der Waals surface area contributed by atoms with Crippen molar-refractivity contribution in [2.24, 2.45) is 0 Å². The number of aromatic nitrogens is 1. The third-order valence-corrected chi connectivity index (χ3v) is 8.00. The summed E-state index contributed by atoms with van der Waals surface area (Å²) < 4.78 is 30.3. The zero-order valence-electron chi connectivity index (χ0n) is 19.6. The van der Waals surface area contributed by atoms with E-state index in [1.165, 1.54) is 24.5 Å². The summed E-state index contributed by atoms with van der Waals surface area (Å²) in [5.74, 6) is 0.365. The molecule has 10 heteroatoms. The molecule has 0 N–H and O–H groups in total. The number of carbonyl (C=O) groups is 2. The minimum absolute atomic E-state index is 0.0412. The van der Waals surface area contributed by atoms with Crippen molar-refractivity contribution in [2.45, 2.75) is 24.3 Å². The summed E-state index contributed by atoms with van der Waals surface area (Å²) in [4.78, 5) is 33.7. The normalized spacial score (nSPS) is 16.6. The number of benzene rings is 2. The summed E-state index contributed by atoms with van der Waals surface area (Å²) in [5.41, 5.74) is 1.08. The number of nitrogens with zero attached hydrogens (tertiary/aromatic N) is 3. The highest BCUT2D eigenvalue weighted by Gasteiger charge is 2.32. The van der Waals surface area contributed by atoms with E-state index in [0.717, 1.165) is 0 Å². The van der Waals surface area contributed by atoms with E-state index in [0.29, 0.717) is 48.1 Å². The molecule has 1 fully saturated rings. The van der Waals surface area contributed by atoms with Gasteiger partial charge in [0.25, 0.3) is 5.91 Å². The van der Waals surface area contributed by atoms with E-state index in [4.69, 9.17) is 9.72 Å². The first-order valence-electron chi connectivity index (χ1n) is 11.2. The van der Waals surface area contributed by atoms with Crippen LogP contribution in [0.4, 0.5) is 0 Å². The van der Waals surface area contributed by atoms with E-state index < -0.39 is 9.84 Å². The first-order chi connectivity index (χ1) is 16.7. The maximum Gasteiger partial charge on any atom is 0.261 e. The van der Waals surface area contributed by atoms with Gasteiger partial charge in [0.15, 0.2) is 16.4 Å². The predicted octanol–water partition coefficient (Wildman–Crippen LogP) is 3.41. The highest BCUT2D eigenvalue weighted by atomic mass is 32.2. The number of amides is 2. The van der Waals surface area contributed by atoms with E-state index in [1.807, 2.05) is 23.6 Å². The Morgan fingerprint density at radius 3 is 2.49 bits per heavy atom. The second kappa shape index (κ2) is 10.6. The molecule has 35 heavy (non-hydrogen) atoms. The van der Waals surface area contributed by atoms with Gasteiger partial charge in [-0.05, 0) is 24.6 Å². The maximum atomic E-state index is 13.2. The van der Waals surface area contributed by atoms with Crippen molar-refractivity contribution in [1.29, 1.82) is 0 Å². The van der Waals surface area contributed by atoms with Crippen molar-refractivity contribution >= 4 is 33.0 Å². The largest absolute Gasteiger partial charge is 0.484 e. The second-order valence-electron chi connectivity index (χ2n) is 8.34. The molecule has 2 heterocycles. The Hall–Kier alpha value is -3.24. The van der Waals surface area contributed by atoms with Gasteiger partial charge in [-0.25, -0.2) is 13.4 Å². The molecule has 0 spiro atoms. The molecule has 1 aliphatic heterocycles. The van der Waals surface area contributed by atoms with Crippen molar-refractivity contribution in [3.05, 3.63) is 65.0 Å². The van der Waals surface area contributed by atoms with Crippen LogP contribution in [0.15, 0.2) is 64.9 Å². The maximum absolute atomic E-state index is 13.2. The van der Waals surface area contributed by atoms with Gasteiger partial charge in [-0.2, -0.15) is 0 Å². The van der Waals surface area contributed by atoms with E-state index >= 15 is 0 Å². The van der Waals surface area contributed by atoms with Gasteiger partial charge in [0, 0.05) is 43.8 Å². The third kappa shape index (κ3) is 5.88. The molecular formula is C25H27N3O5S2. The lowest BCUT2D eigenvalue weighted by Crippen LogP contribution is -2.40. The number of ether oxygens (including phenoxy) is 1. The Balaban J connectivity index is 1.62. The summed E-state index contributed by atoms with van der Waals surface area (Å²) in [5, 5.41) is 2.51. The minimum Gasteiger partial charge on any atom is -0.484 e. The fourth-order valence-electron chi connectivity index (χ4n) is 4.11. The first kappa shape index (κ1) is 24.9. The standard InChI is InChI=1S/C25H27N3O5S2/c1-18(29)27-13-12-22(28(15-14-27)24(30)16-33-19-8-4-3-5-9-19)25-26-21(17-34-25)20-10-6-7-11-23(20)35(2,31)32/h3-11,17,22H,12-16H2,1-2H3. The molecule has 184 valence electrons. The van der Waals surface area contributed by atoms with Crippen molar-refractivity contribution in [2.75, 3.05) is 32.5 Å². The molecule has 0 saturated carbocycles. The summed E-state index contributed by atoms with van der Waals surface area (Å²) in [6.07, 6.45) is 1.70. The number of thiazole rings is 1. The van der Waals surface area contributed by atoms with Gasteiger partial charge in [0.1, 0.15) is 10.8 Å². The zero-order chi connectivity index (χ0) is 25.0. The van der Waals surface area contributed by atoms with Crippen LogP contribution in [0.25, 0.3) is 11.3 Å². The smallest absolute Gasteiger partial charge is 0.261 e. The predicted molar refractivity (Wildman–Crippen MR) is 134 cm³/mol. The average Bonchev–Trinajstić information content (AvgIpc) is 3.21. The molecule has 1 saturated heterocycles. The fraction of sp³-hybridized carbons (Fsp3) is 0.320. The van der Waals surface area contributed by atoms with Crippen LogP contribution in [-0.2, 0) is 19.4 Å². The fourth-order valence-corrected chi connectivity index (χ4v) is 5.97. The molecule has 4 rings (SSSR count). The molecule has 8 nitrogen and oxygen atoms in total. The quantitative estimate of drug-likeness (QED) is 0.501. The lowest BCUT2D eigenvalue weighted by Gasteiger charge is -2.28. The minimum atomic E-state index is -3.44. The van der Waals surface area contributed by atoms with Crippen molar-refractivity contribution in [3.63, 3.8) is 0 Å². The SMILES string of the molecule is CC(=O)N1CCC(c2nc(-c3ccccc3S(C)(=O)=O)cs2)N(C(=O)COc2ccccc2)CC1. The third-order valence-electron chi connectivity index (χ3n) is 5.90. The Morgan fingerprint density at radius 2 is 1.77 bits per heavy atom. The van der Waals surface area contributed by atoms with Crippen molar-refractivity contribution in [3.8, 4) is 17.0 Å². The number of para-hydroxylation sites is 1. The number of sulfone groups is 1. The molecule has 1 atom stereocenters. The van der Waals surface area contributed by atoms with Crippen LogP contribution in [-0.4, -0.2) is 67.5 Å². The summed E-state index contributed by atoms with van der Waals surface area (Å²) in [6, 6.07) is 15.5. The average molecular weight is 514 g/mol. The lowest BCUT2D eigenvalue weighted by molar-refractivity contribution is -0.136. The molecule has 3 aromatic rings. The van der Waals surface area contributed by atoms with Crippen molar-refractivity contribution in [1.82, 2.24) is 14.8 Å². The summed E-state index contributed by atoms with van der Waals surface area (Å²) in [7, 11) is -3.44. The highest BCUT2D eigenvalue weighted by Crippen LogP contribution is 2.34. The number of hydrogen-bond donors (Lipinski definition) is 0. The van der Waals surface area contributed by atoms with Gasteiger partial charge in [-0.3, -0.25) is 9.59 Å².